The van der Waals surface area contributed by atoms with Gasteiger partial charge in [0, 0.05) is 27.5 Å². The Morgan fingerprint density at radius 3 is 2.54 bits per heavy atom. The number of carbonyl (C=O) groups is 2. The highest BCUT2D eigenvalue weighted by molar-refractivity contribution is 6.35. The van der Waals surface area contributed by atoms with Crippen molar-refractivity contribution in [3.8, 4) is 0 Å². The number of nitrogens with zero attached hydrogens (tertiary/aromatic N) is 1. The van der Waals surface area contributed by atoms with Crippen LogP contribution in [0.25, 0.3) is 0 Å². The lowest BCUT2D eigenvalue weighted by Crippen LogP contribution is -2.29. The predicted molar refractivity (Wildman–Crippen MR) is 111 cm³/mol. The number of hydrogen-bond acceptors (Lipinski definition) is 3. The number of ketones is 1. The van der Waals surface area contributed by atoms with E-state index in [1.807, 2.05) is 0 Å². The molecule has 0 fully saturated rings. The van der Waals surface area contributed by atoms with E-state index in [4.69, 9.17) is 23.2 Å². The van der Waals surface area contributed by atoms with Crippen LogP contribution in [0.1, 0.15) is 33.2 Å². The van der Waals surface area contributed by atoms with Gasteiger partial charge in [-0.15, -0.1) is 0 Å². The fourth-order valence-electron chi connectivity index (χ4n) is 2.68. The number of carbonyl (C=O) groups excluding carboxylic acids is 2. The van der Waals surface area contributed by atoms with Crippen LogP contribution in [0.5, 0.6) is 0 Å². The number of anilines is 1. The molecule has 3 rings (SSSR count). The summed E-state index contributed by atoms with van der Waals surface area (Å²) in [5.74, 6) is -0.666. The second kappa shape index (κ2) is 8.42. The van der Waals surface area contributed by atoms with E-state index in [2.05, 4.69) is 5.32 Å². The topological polar surface area (TPSA) is 68.2 Å². The molecule has 0 aliphatic rings. The third-order valence-corrected chi connectivity index (χ3v) is 4.73. The summed E-state index contributed by atoms with van der Waals surface area (Å²) >= 11 is 12.1. The van der Waals surface area contributed by atoms with Gasteiger partial charge in [0.25, 0.3) is 11.5 Å². The van der Waals surface area contributed by atoms with E-state index >= 15 is 0 Å². The largest absolute Gasteiger partial charge is 0.322 e. The number of nitrogens with one attached hydrogen (secondary N) is 1. The number of hydrogen-bond donors (Lipinski definition) is 1. The first-order valence-electron chi connectivity index (χ1n) is 8.41. The number of halogens is 2. The Balaban J connectivity index is 1.86. The molecule has 0 bridgehead atoms. The molecule has 1 heterocycles. The minimum Gasteiger partial charge on any atom is -0.322 e. The summed E-state index contributed by atoms with van der Waals surface area (Å²) in [6, 6.07) is 14.6. The third kappa shape index (κ3) is 4.50. The van der Waals surface area contributed by atoms with Crippen molar-refractivity contribution < 1.29 is 9.59 Å². The molecule has 0 spiro atoms. The van der Waals surface area contributed by atoms with Gasteiger partial charge in [0.15, 0.2) is 5.78 Å². The highest BCUT2D eigenvalue weighted by atomic mass is 35.5. The molecule has 2 aromatic carbocycles. The zero-order valence-corrected chi connectivity index (χ0v) is 16.4. The highest BCUT2D eigenvalue weighted by Crippen LogP contribution is 2.21. The summed E-state index contributed by atoms with van der Waals surface area (Å²) in [4.78, 5) is 36.8. The number of pyridine rings is 1. The molecule has 0 saturated heterocycles. The monoisotopic (exact) mass is 414 g/mol. The molecule has 0 unspecified atom stereocenters. The van der Waals surface area contributed by atoms with E-state index in [-0.39, 0.29) is 17.9 Å². The van der Waals surface area contributed by atoms with Crippen LogP contribution in [0, 0.1) is 0 Å². The molecular formula is C21H16Cl2N2O3. The number of rotatable bonds is 5. The lowest BCUT2D eigenvalue weighted by molar-refractivity contribution is 0.101. The summed E-state index contributed by atoms with van der Waals surface area (Å²) in [5.41, 5.74) is 1.16. The van der Waals surface area contributed by atoms with E-state index in [1.165, 1.54) is 17.6 Å². The summed E-state index contributed by atoms with van der Waals surface area (Å²) in [5, 5.41) is 3.60. The van der Waals surface area contributed by atoms with E-state index in [0.717, 1.165) is 0 Å². The van der Waals surface area contributed by atoms with Crippen molar-refractivity contribution in [2.45, 2.75) is 13.5 Å². The van der Waals surface area contributed by atoms with Crippen molar-refractivity contribution in [2.24, 2.45) is 0 Å². The molecule has 1 amide bonds. The Bertz CT molecular complexity index is 1120. The molecule has 3 aromatic rings. The summed E-state index contributed by atoms with van der Waals surface area (Å²) in [7, 11) is 0. The lowest BCUT2D eigenvalue weighted by Gasteiger charge is -2.10. The average molecular weight is 415 g/mol. The molecule has 0 saturated carbocycles. The van der Waals surface area contributed by atoms with Crippen LogP contribution < -0.4 is 10.9 Å². The average Bonchev–Trinajstić information content (AvgIpc) is 2.65. The maximum atomic E-state index is 12.7. The fraction of sp³-hybridized carbons (Fsp3) is 0.0952. The molecule has 0 aliphatic heterocycles. The molecule has 142 valence electrons. The zero-order valence-electron chi connectivity index (χ0n) is 14.9. The molecule has 5 nitrogen and oxygen atoms in total. The third-order valence-electron chi connectivity index (χ3n) is 4.15. The van der Waals surface area contributed by atoms with Crippen molar-refractivity contribution in [3.63, 3.8) is 0 Å². The summed E-state index contributed by atoms with van der Waals surface area (Å²) in [6.45, 7) is 1.65. The predicted octanol–water partition coefficient (Wildman–Crippen LogP) is 4.66. The quantitative estimate of drug-likeness (QED) is 0.617. The molecule has 7 heteroatoms. The van der Waals surface area contributed by atoms with E-state index in [0.29, 0.717) is 26.9 Å². The standard InChI is InChI=1S/C21H16Cl2N2O3/c1-13(26)14-4-2-5-17(10-14)24-20(27)18-6-3-9-25(21(18)28)12-15-7-8-16(22)11-19(15)23/h2-11H,12H2,1H3,(H,24,27). The van der Waals surface area contributed by atoms with Gasteiger partial charge in [-0.1, -0.05) is 41.4 Å². The minimum atomic E-state index is -0.553. The van der Waals surface area contributed by atoms with Gasteiger partial charge >= 0.3 is 0 Å². The molecule has 1 N–H and O–H groups in total. The Morgan fingerprint density at radius 2 is 1.82 bits per heavy atom. The number of benzene rings is 2. The lowest BCUT2D eigenvalue weighted by atomic mass is 10.1. The van der Waals surface area contributed by atoms with Gasteiger partial charge in [-0.05, 0) is 48.9 Å². The van der Waals surface area contributed by atoms with Crippen molar-refractivity contribution >= 4 is 40.6 Å². The molecular weight excluding hydrogens is 399 g/mol. The second-order valence-electron chi connectivity index (χ2n) is 6.18. The van der Waals surface area contributed by atoms with Gasteiger partial charge in [-0.2, -0.15) is 0 Å². The number of amides is 1. The molecule has 0 atom stereocenters. The first-order valence-corrected chi connectivity index (χ1v) is 9.16. The second-order valence-corrected chi connectivity index (χ2v) is 7.03. The van der Waals surface area contributed by atoms with Crippen LogP contribution in [0.4, 0.5) is 5.69 Å². The molecule has 1 aromatic heterocycles. The Labute approximate surface area is 171 Å². The normalized spacial score (nSPS) is 10.5. The minimum absolute atomic E-state index is 0.0131. The zero-order chi connectivity index (χ0) is 20.3. The van der Waals surface area contributed by atoms with Crippen LogP contribution in [0.15, 0.2) is 65.6 Å². The van der Waals surface area contributed by atoms with Gasteiger partial charge in [0.2, 0.25) is 0 Å². The van der Waals surface area contributed by atoms with Crippen molar-refractivity contribution in [1.29, 1.82) is 0 Å². The van der Waals surface area contributed by atoms with E-state index < -0.39 is 11.5 Å². The number of aromatic nitrogens is 1. The first kappa shape index (κ1) is 19.9. The van der Waals surface area contributed by atoms with E-state index in [1.54, 1.807) is 54.7 Å². The Morgan fingerprint density at radius 1 is 1.04 bits per heavy atom. The summed E-state index contributed by atoms with van der Waals surface area (Å²) in [6.07, 6.45) is 1.58. The summed E-state index contributed by atoms with van der Waals surface area (Å²) < 4.78 is 1.40. The Kier molecular flexibility index (Phi) is 5.97. The fourth-order valence-corrected chi connectivity index (χ4v) is 3.15. The molecule has 0 radical (unpaired) electrons. The van der Waals surface area contributed by atoms with Gasteiger partial charge in [-0.3, -0.25) is 14.4 Å². The molecule has 0 aliphatic carbocycles. The van der Waals surface area contributed by atoms with Gasteiger partial charge < -0.3 is 9.88 Å². The highest BCUT2D eigenvalue weighted by Gasteiger charge is 2.14. The van der Waals surface area contributed by atoms with Crippen LogP contribution in [0.3, 0.4) is 0 Å². The number of Topliss-reactive ketones (excluding diaryl/α,β-unsaturated/α-hetero) is 1. The van der Waals surface area contributed by atoms with Crippen LogP contribution in [-0.4, -0.2) is 16.3 Å². The smallest absolute Gasteiger partial charge is 0.263 e. The van der Waals surface area contributed by atoms with Gasteiger partial charge in [0.1, 0.15) is 5.56 Å². The Hall–Kier alpha value is -2.89. The van der Waals surface area contributed by atoms with Crippen LogP contribution in [0.2, 0.25) is 10.0 Å². The maximum Gasteiger partial charge on any atom is 0.263 e. The SMILES string of the molecule is CC(=O)c1cccc(NC(=O)c2cccn(Cc3ccc(Cl)cc3Cl)c2=O)c1. The van der Waals surface area contributed by atoms with Gasteiger partial charge in [-0.25, -0.2) is 0 Å². The molecule has 28 heavy (non-hydrogen) atoms. The van der Waals surface area contributed by atoms with Gasteiger partial charge in [0.05, 0.1) is 6.54 Å². The van der Waals surface area contributed by atoms with Crippen LogP contribution in [-0.2, 0) is 6.54 Å². The van der Waals surface area contributed by atoms with Crippen molar-refractivity contribution in [3.05, 3.63) is 97.9 Å². The maximum absolute atomic E-state index is 12.7. The first-order chi connectivity index (χ1) is 13.3. The van der Waals surface area contributed by atoms with Crippen LogP contribution >= 0.6 is 23.2 Å². The van der Waals surface area contributed by atoms with Crippen molar-refractivity contribution in [1.82, 2.24) is 4.57 Å². The van der Waals surface area contributed by atoms with Crippen molar-refractivity contribution in [2.75, 3.05) is 5.32 Å². The van der Waals surface area contributed by atoms with E-state index in [9.17, 15) is 14.4 Å².